The monoisotopic (exact) mass is 350 g/mol. The number of carboxylic acids is 1. The molecule has 0 unspecified atom stereocenters. The molecule has 6 nitrogen and oxygen atoms in total. The molecule has 0 amide bonds. The average molecular weight is 351 g/mol. The maximum absolute atomic E-state index is 11.0. The summed E-state index contributed by atoms with van der Waals surface area (Å²) in [6.07, 6.45) is 1.65. The Labute approximate surface area is 120 Å². The van der Waals surface area contributed by atoms with Crippen LogP contribution in [0.5, 0.6) is 0 Å². The number of hydrogen-bond donors (Lipinski definition) is 3. The van der Waals surface area contributed by atoms with Crippen LogP contribution in [0.4, 0.5) is 5.69 Å². The van der Waals surface area contributed by atoms with Crippen molar-refractivity contribution in [1.29, 1.82) is 0 Å². The van der Waals surface area contributed by atoms with E-state index in [0.29, 0.717) is 29.7 Å². The van der Waals surface area contributed by atoms with Gasteiger partial charge in [0, 0.05) is 23.2 Å². The number of rotatable bonds is 7. The van der Waals surface area contributed by atoms with Gasteiger partial charge in [0.1, 0.15) is 0 Å². The minimum atomic E-state index is -3.17. The fourth-order valence-electron chi connectivity index (χ4n) is 1.42. The number of sulfonamides is 1. The predicted molar refractivity (Wildman–Crippen MR) is 77.1 cm³/mol. The van der Waals surface area contributed by atoms with Gasteiger partial charge in [0.05, 0.1) is 11.8 Å². The lowest BCUT2D eigenvalue weighted by Crippen LogP contribution is -2.24. The van der Waals surface area contributed by atoms with Crippen molar-refractivity contribution >= 4 is 37.6 Å². The lowest BCUT2D eigenvalue weighted by atomic mass is 10.2. The zero-order valence-corrected chi connectivity index (χ0v) is 12.7. The summed E-state index contributed by atoms with van der Waals surface area (Å²) in [6.45, 7) is 0.787. The molecule has 0 saturated heterocycles. The van der Waals surface area contributed by atoms with Gasteiger partial charge in [-0.25, -0.2) is 17.9 Å². The molecule has 1 aromatic rings. The molecule has 3 N–H and O–H groups in total. The van der Waals surface area contributed by atoms with Crippen LogP contribution in [-0.4, -0.2) is 38.8 Å². The Bertz CT molecular complexity index is 560. The Hall–Kier alpha value is -1.12. The van der Waals surface area contributed by atoms with E-state index in [4.69, 9.17) is 5.11 Å². The van der Waals surface area contributed by atoms with Crippen LogP contribution in [-0.2, 0) is 10.0 Å². The van der Waals surface area contributed by atoms with Crippen molar-refractivity contribution in [1.82, 2.24) is 4.72 Å². The molecule has 0 fully saturated rings. The first-order chi connectivity index (χ1) is 8.79. The van der Waals surface area contributed by atoms with E-state index < -0.39 is 16.0 Å². The number of hydrogen-bond acceptors (Lipinski definition) is 4. The normalized spacial score (nSPS) is 11.3. The van der Waals surface area contributed by atoms with Crippen LogP contribution < -0.4 is 10.0 Å². The molecule has 0 saturated carbocycles. The van der Waals surface area contributed by atoms with Gasteiger partial charge in [-0.1, -0.05) is 15.9 Å². The van der Waals surface area contributed by atoms with Crippen LogP contribution >= 0.6 is 15.9 Å². The highest BCUT2D eigenvalue weighted by Gasteiger charge is 2.10. The topological polar surface area (TPSA) is 95.5 Å². The highest BCUT2D eigenvalue weighted by Crippen LogP contribution is 2.21. The van der Waals surface area contributed by atoms with Gasteiger partial charge in [-0.3, -0.25) is 0 Å². The van der Waals surface area contributed by atoms with E-state index in [-0.39, 0.29) is 5.56 Å². The van der Waals surface area contributed by atoms with Crippen LogP contribution in [0, 0.1) is 0 Å². The van der Waals surface area contributed by atoms with Crippen molar-refractivity contribution in [3.63, 3.8) is 0 Å². The number of benzene rings is 1. The molecule has 0 radical (unpaired) electrons. The van der Waals surface area contributed by atoms with Gasteiger partial charge in [0.25, 0.3) is 0 Å². The SMILES string of the molecule is CS(=O)(=O)NCCCNc1ccc(Br)cc1C(=O)O. The first-order valence-corrected chi connectivity index (χ1v) is 8.19. The van der Waals surface area contributed by atoms with E-state index in [2.05, 4.69) is 26.0 Å². The van der Waals surface area contributed by atoms with Crippen LogP contribution in [0.25, 0.3) is 0 Å². The summed E-state index contributed by atoms with van der Waals surface area (Å²) in [7, 11) is -3.17. The van der Waals surface area contributed by atoms with E-state index in [1.54, 1.807) is 12.1 Å². The van der Waals surface area contributed by atoms with E-state index in [9.17, 15) is 13.2 Å². The van der Waals surface area contributed by atoms with Gasteiger partial charge in [-0.2, -0.15) is 0 Å². The number of nitrogens with one attached hydrogen (secondary N) is 2. The van der Waals surface area contributed by atoms with Crippen molar-refractivity contribution in [3.8, 4) is 0 Å². The van der Waals surface area contributed by atoms with Crippen molar-refractivity contribution in [2.45, 2.75) is 6.42 Å². The number of anilines is 1. The fourth-order valence-corrected chi connectivity index (χ4v) is 2.29. The summed E-state index contributed by atoms with van der Waals surface area (Å²) < 4.78 is 24.7. The molecule has 0 atom stereocenters. The number of carbonyl (C=O) groups is 1. The molecule has 0 spiro atoms. The number of carboxylic acid groups (broad SMARTS) is 1. The highest BCUT2D eigenvalue weighted by molar-refractivity contribution is 9.10. The van der Waals surface area contributed by atoms with Gasteiger partial charge in [0.2, 0.25) is 10.0 Å². The largest absolute Gasteiger partial charge is 0.478 e. The lowest BCUT2D eigenvalue weighted by Gasteiger charge is -2.10. The van der Waals surface area contributed by atoms with Crippen LogP contribution in [0.2, 0.25) is 0 Å². The second-order valence-electron chi connectivity index (χ2n) is 3.94. The fraction of sp³-hybridized carbons (Fsp3) is 0.364. The molecule has 8 heteroatoms. The molecular weight excluding hydrogens is 336 g/mol. The van der Waals surface area contributed by atoms with Gasteiger partial charge in [-0.15, -0.1) is 0 Å². The van der Waals surface area contributed by atoms with E-state index in [1.165, 1.54) is 6.07 Å². The molecular formula is C11H15BrN2O4S. The smallest absolute Gasteiger partial charge is 0.337 e. The molecule has 0 aliphatic carbocycles. The van der Waals surface area contributed by atoms with Crippen molar-refractivity contribution in [2.75, 3.05) is 24.7 Å². The maximum atomic E-state index is 11.0. The van der Waals surface area contributed by atoms with Crippen LogP contribution in [0.3, 0.4) is 0 Å². The minimum absolute atomic E-state index is 0.172. The first kappa shape index (κ1) is 15.9. The summed E-state index contributed by atoms with van der Waals surface area (Å²) in [5.41, 5.74) is 0.681. The zero-order chi connectivity index (χ0) is 14.5. The molecule has 0 aromatic heterocycles. The lowest BCUT2D eigenvalue weighted by molar-refractivity contribution is 0.0698. The Balaban J connectivity index is 2.52. The Morgan fingerprint density at radius 2 is 2.05 bits per heavy atom. The third-order valence-electron chi connectivity index (χ3n) is 2.25. The van der Waals surface area contributed by atoms with Crippen LogP contribution in [0.15, 0.2) is 22.7 Å². The summed E-state index contributed by atoms with van der Waals surface area (Å²) in [5, 5.41) is 12.0. The molecule has 0 heterocycles. The summed E-state index contributed by atoms with van der Waals surface area (Å²) >= 11 is 3.21. The van der Waals surface area contributed by atoms with E-state index in [0.717, 1.165) is 6.26 Å². The minimum Gasteiger partial charge on any atom is -0.478 e. The zero-order valence-electron chi connectivity index (χ0n) is 10.3. The van der Waals surface area contributed by atoms with Crippen molar-refractivity contribution in [3.05, 3.63) is 28.2 Å². The maximum Gasteiger partial charge on any atom is 0.337 e. The van der Waals surface area contributed by atoms with Crippen molar-refractivity contribution < 1.29 is 18.3 Å². The third-order valence-corrected chi connectivity index (χ3v) is 3.47. The quantitative estimate of drug-likeness (QED) is 0.647. The van der Waals surface area contributed by atoms with Gasteiger partial charge in [-0.05, 0) is 24.6 Å². The highest BCUT2D eigenvalue weighted by atomic mass is 79.9. The first-order valence-electron chi connectivity index (χ1n) is 5.51. The van der Waals surface area contributed by atoms with Crippen molar-refractivity contribution in [2.24, 2.45) is 0 Å². The predicted octanol–water partition coefficient (Wildman–Crippen LogP) is 1.50. The second kappa shape index (κ2) is 6.88. The Kier molecular flexibility index (Phi) is 5.77. The van der Waals surface area contributed by atoms with E-state index in [1.807, 2.05) is 0 Å². The third kappa shape index (κ3) is 6.04. The Morgan fingerprint density at radius 3 is 2.63 bits per heavy atom. The molecule has 106 valence electrons. The number of halogens is 1. The summed E-state index contributed by atoms with van der Waals surface area (Å²) in [4.78, 5) is 11.0. The molecule has 0 aliphatic heterocycles. The standard InChI is InChI=1S/C11H15BrN2O4S/c1-19(17,18)14-6-2-5-13-10-4-3-8(12)7-9(10)11(15)16/h3-4,7,13-14H,2,5-6H2,1H3,(H,15,16). The second-order valence-corrected chi connectivity index (χ2v) is 6.69. The summed E-state index contributed by atoms with van der Waals surface area (Å²) in [5.74, 6) is -1.02. The van der Waals surface area contributed by atoms with Gasteiger partial charge < -0.3 is 10.4 Å². The molecule has 1 aromatic carbocycles. The molecule has 0 bridgehead atoms. The molecule has 19 heavy (non-hydrogen) atoms. The number of aromatic carboxylic acids is 1. The summed E-state index contributed by atoms with van der Waals surface area (Å²) in [6, 6.07) is 4.92. The Morgan fingerprint density at radius 1 is 1.37 bits per heavy atom. The van der Waals surface area contributed by atoms with Gasteiger partial charge in [0.15, 0.2) is 0 Å². The molecule has 0 aliphatic rings. The van der Waals surface area contributed by atoms with E-state index >= 15 is 0 Å². The van der Waals surface area contributed by atoms with Crippen LogP contribution in [0.1, 0.15) is 16.8 Å². The van der Waals surface area contributed by atoms with Gasteiger partial charge >= 0.3 is 5.97 Å². The molecule has 1 rings (SSSR count). The average Bonchev–Trinajstić information content (AvgIpc) is 2.28.